The van der Waals surface area contributed by atoms with E-state index in [0.29, 0.717) is 12.1 Å². The van der Waals surface area contributed by atoms with Crippen molar-refractivity contribution in [2.24, 2.45) is 0 Å². The van der Waals surface area contributed by atoms with Crippen LogP contribution in [-0.4, -0.2) is 15.7 Å². The Morgan fingerprint density at radius 2 is 2.05 bits per heavy atom. The standard InChI is InChI=1S/C10H8BrF3N2O3/c1-5(11)9(17)15-7-3-2-6(10(12,13)14)4-8(7)16(18)19/h2-5H,1H3,(H,15,17). The zero-order valence-electron chi connectivity index (χ0n) is 9.49. The van der Waals surface area contributed by atoms with Gasteiger partial charge in [-0.2, -0.15) is 13.2 Å². The molecule has 0 aliphatic carbocycles. The molecule has 0 heterocycles. The number of nitro benzene ring substituents is 1. The Bertz CT molecular complexity index is 517. The van der Waals surface area contributed by atoms with Gasteiger partial charge in [-0.05, 0) is 19.1 Å². The van der Waals surface area contributed by atoms with Crippen LogP contribution in [0, 0.1) is 10.1 Å². The van der Waals surface area contributed by atoms with Crippen molar-refractivity contribution in [3.8, 4) is 0 Å². The topological polar surface area (TPSA) is 72.2 Å². The van der Waals surface area contributed by atoms with E-state index in [9.17, 15) is 28.1 Å². The molecule has 0 spiro atoms. The number of hydrogen-bond donors (Lipinski definition) is 1. The maximum absolute atomic E-state index is 12.4. The van der Waals surface area contributed by atoms with E-state index >= 15 is 0 Å². The van der Waals surface area contributed by atoms with Crippen molar-refractivity contribution in [2.75, 3.05) is 5.32 Å². The molecule has 1 atom stereocenters. The van der Waals surface area contributed by atoms with Gasteiger partial charge in [0.2, 0.25) is 5.91 Å². The van der Waals surface area contributed by atoms with E-state index in [4.69, 9.17) is 0 Å². The fourth-order valence-electron chi connectivity index (χ4n) is 1.20. The van der Waals surface area contributed by atoms with E-state index in [0.717, 1.165) is 6.07 Å². The lowest BCUT2D eigenvalue weighted by Gasteiger charge is -2.10. The molecular weight excluding hydrogens is 333 g/mol. The predicted octanol–water partition coefficient (Wildman–Crippen LogP) is 3.34. The van der Waals surface area contributed by atoms with Gasteiger partial charge in [-0.25, -0.2) is 0 Å². The highest BCUT2D eigenvalue weighted by molar-refractivity contribution is 9.10. The third-order valence-electron chi connectivity index (χ3n) is 2.14. The van der Waals surface area contributed by atoms with Crippen molar-refractivity contribution in [3.63, 3.8) is 0 Å². The highest BCUT2D eigenvalue weighted by atomic mass is 79.9. The Morgan fingerprint density at radius 1 is 1.47 bits per heavy atom. The van der Waals surface area contributed by atoms with Gasteiger partial charge in [-0.1, -0.05) is 15.9 Å². The summed E-state index contributed by atoms with van der Waals surface area (Å²) in [4.78, 5) is 20.5. The summed E-state index contributed by atoms with van der Waals surface area (Å²) in [5.74, 6) is -0.595. The van der Waals surface area contributed by atoms with Gasteiger partial charge in [0, 0.05) is 6.07 Å². The molecule has 1 rings (SSSR count). The van der Waals surface area contributed by atoms with Gasteiger partial charge < -0.3 is 5.32 Å². The number of anilines is 1. The Balaban J connectivity index is 3.20. The van der Waals surface area contributed by atoms with Crippen molar-refractivity contribution in [3.05, 3.63) is 33.9 Å². The van der Waals surface area contributed by atoms with E-state index in [1.807, 2.05) is 0 Å². The maximum Gasteiger partial charge on any atom is 0.416 e. The molecule has 1 amide bonds. The molecule has 0 bridgehead atoms. The summed E-state index contributed by atoms with van der Waals surface area (Å²) >= 11 is 2.94. The van der Waals surface area contributed by atoms with Gasteiger partial charge in [0.25, 0.3) is 5.69 Å². The number of halogens is 4. The quantitative estimate of drug-likeness (QED) is 0.521. The predicted molar refractivity (Wildman–Crippen MR) is 65.1 cm³/mol. The first-order chi connectivity index (χ1) is 8.62. The molecule has 1 aromatic rings. The average molecular weight is 341 g/mol. The van der Waals surface area contributed by atoms with Crippen LogP contribution in [0.4, 0.5) is 24.5 Å². The number of nitro groups is 1. The molecule has 0 saturated heterocycles. The molecule has 104 valence electrons. The number of carbonyl (C=O) groups excluding carboxylic acids is 1. The van der Waals surface area contributed by atoms with Crippen LogP contribution >= 0.6 is 15.9 Å². The number of nitrogens with one attached hydrogen (secondary N) is 1. The molecule has 1 unspecified atom stereocenters. The Labute approximate surface area is 114 Å². The van der Waals surface area contributed by atoms with Gasteiger partial charge in [0.1, 0.15) is 5.69 Å². The van der Waals surface area contributed by atoms with Gasteiger partial charge in [-0.3, -0.25) is 14.9 Å². The molecular formula is C10H8BrF3N2O3. The smallest absolute Gasteiger partial charge is 0.319 e. The molecule has 19 heavy (non-hydrogen) atoms. The Hall–Kier alpha value is -1.64. The summed E-state index contributed by atoms with van der Waals surface area (Å²) in [5.41, 5.74) is -2.24. The summed E-state index contributed by atoms with van der Waals surface area (Å²) in [6.45, 7) is 1.48. The summed E-state index contributed by atoms with van der Waals surface area (Å²) in [6.07, 6.45) is -4.68. The van der Waals surface area contributed by atoms with Crippen molar-refractivity contribution in [2.45, 2.75) is 17.9 Å². The molecule has 0 aliphatic heterocycles. The lowest BCUT2D eigenvalue weighted by atomic mass is 10.1. The van der Waals surface area contributed by atoms with Crippen LogP contribution in [0.15, 0.2) is 18.2 Å². The van der Waals surface area contributed by atoms with Crippen LogP contribution in [0.2, 0.25) is 0 Å². The third-order valence-corrected chi connectivity index (χ3v) is 2.56. The van der Waals surface area contributed by atoms with Gasteiger partial charge in [-0.15, -0.1) is 0 Å². The number of rotatable bonds is 3. The van der Waals surface area contributed by atoms with E-state index in [-0.39, 0.29) is 5.69 Å². The molecule has 1 aromatic carbocycles. The molecule has 0 fully saturated rings. The van der Waals surface area contributed by atoms with Gasteiger partial charge >= 0.3 is 6.18 Å². The SMILES string of the molecule is CC(Br)C(=O)Nc1ccc(C(F)(F)F)cc1[N+](=O)[O-]. The first-order valence-corrected chi connectivity index (χ1v) is 5.85. The van der Waals surface area contributed by atoms with E-state index in [1.165, 1.54) is 6.92 Å². The number of benzene rings is 1. The summed E-state index contributed by atoms with van der Waals surface area (Å²) in [7, 11) is 0. The molecule has 0 saturated carbocycles. The first-order valence-electron chi connectivity index (χ1n) is 4.93. The first kappa shape index (κ1) is 15.4. The minimum Gasteiger partial charge on any atom is -0.319 e. The van der Waals surface area contributed by atoms with Crippen LogP contribution in [0.3, 0.4) is 0 Å². The molecule has 9 heteroatoms. The summed E-state index contributed by atoms with van der Waals surface area (Å²) in [5, 5.41) is 12.9. The van der Waals surface area contributed by atoms with Crippen molar-refractivity contribution < 1.29 is 22.9 Å². The Morgan fingerprint density at radius 3 is 2.47 bits per heavy atom. The maximum atomic E-state index is 12.4. The minimum absolute atomic E-state index is 0.283. The number of nitrogens with zero attached hydrogens (tertiary/aromatic N) is 1. The summed E-state index contributed by atoms with van der Waals surface area (Å²) in [6, 6.07) is 1.91. The molecule has 0 aliphatic rings. The van der Waals surface area contributed by atoms with E-state index < -0.39 is 33.1 Å². The lowest BCUT2D eigenvalue weighted by Crippen LogP contribution is -2.20. The monoisotopic (exact) mass is 340 g/mol. The van der Waals surface area contributed by atoms with Crippen LogP contribution in [0.5, 0.6) is 0 Å². The molecule has 5 nitrogen and oxygen atoms in total. The second-order valence-corrected chi connectivity index (χ2v) is 4.97. The second-order valence-electron chi connectivity index (χ2n) is 3.59. The molecule has 0 radical (unpaired) electrons. The van der Waals surface area contributed by atoms with Crippen LogP contribution in [0.1, 0.15) is 12.5 Å². The number of alkyl halides is 4. The minimum atomic E-state index is -4.68. The van der Waals surface area contributed by atoms with Crippen LogP contribution in [0.25, 0.3) is 0 Å². The second kappa shape index (κ2) is 5.55. The van der Waals surface area contributed by atoms with Crippen molar-refractivity contribution in [1.82, 2.24) is 0 Å². The zero-order valence-corrected chi connectivity index (χ0v) is 11.1. The fraction of sp³-hybridized carbons (Fsp3) is 0.300. The van der Waals surface area contributed by atoms with Gasteiger partial charge in [0.05, 0.1) is 15.3 Å². The van der Waals surface area contributed by atoms with E-state index in [1.54, 1.807) is 0 Å². The molecule has 0 aromatic heterocycles. The fourth-order valence-corrected chi connectivity index (χ4v) is 1.31. The van der Waals surface area contributed by atoms with Crippen LogP contribution in [-0.2, 0) is 11.0 Å². The highest BCUT2D eigenvalue weighted by Crippen LogP contribution is 2.35. The summed E-state index contributed by atoms with van der Waals surface area (Å²) < 4.78 is 37.3. The van der Waals surface area contributed by atoms with Gasteiger partial charge in [0.15, 0.2) is 0 Å². The Kier molecular flexibility index (Phi) is 4.51. The largest absolute Gasteiger partial charge is 0.416 e. The lowest BCUT2D eigenvalue weighted by molar-refractivity contribution is -0.384. The van der Waals surface area contributed by atoms with Crippen molar-refractivity contribution >= 4 is 33.2 Å². The van der Waals surface area contributed by atoms with E-state index in [2.05, 4.69) is 21.2 Å². The van der Waals surface area contributed by atoms with Crippen molar-refractivity contribution in [1.29, 1.82) is 0 Å². The average Bonchev–Trinajstić information content (AvgIpc) is 2.27. The number of carbonyl (C=O) groups is 1. The third kappa shape index (κ3) is 3.91. The zero-order chi connectivity index (χ0) is 14.8. The van der Waals surface area contributed by atoms with Crippen LogP contribution < -0.4 is 5.32 Å². The highest BCUT2D eigenvalue weighted by Gasteiger charge is 2.33. The molecule has 1 N–H and O–H groups in total. The number of hydrogen-bond acceptors (Lipinski definition) is 3. The normalized spacial score (nSPS) is 12.9. The number of amides is 1.